The maximum absolute atomic E-state index is 6.65. The van der Waals surface area contributed by atoms with Gasteiger partial charge >= 0.3 is 0 Å². The van der Waals surface area contributed by atoms with E-state index < -0.39 is 16.3 Å². The molecule has 0 fully saturated rings. The highest BCUT2D eigenvalue weighted by molar-refractivity contribution is 7.56. The lowest BCUT2D eigenvalue weighted by Gasteiger charge is -2.42. The highest BCUT2D eigenvalue weighted by atomic mass is 31.1. The summed E-state index contributed by atoms with van der Waals surface area (Å²) in [6, 6.07) is 8.19. The van der Waals surface area contributed by atoms with Crippen LogP contribution in [0.25, 0.3) is 0 Å². The molecular weight excluding hydrogens is 358 g/mol. The molecule has 2 nitrogen and oxygen atoms in total. The molecule has 0 saturated heterocycles. The smallest absolute Gasteiger partial charge is 0.165 e. The Morgan fingerprint density at radius 1 is 0.500 bits per heavy atom. The first kappa shape index (κ1) is 23.7. The zero-order chi connectivity index (χ0) is 20.6. The summed E-state index contributed by atoms with van der Waals surface area (Å²) in [5.41, 5.74) is 0. The van der Waals surface area contributed by atoms with E-state index in [1.165, 1.54) is 0 Å². The number of benzene rings is 1. The quantitative estimate of drug-likeness (QED) is 0.474. The van der Waals surface area contributed by atoms with Gasteiger partial charge in [0.15, 0.2) is 11.5 Å². The number of hydrogen-bond donors (Lipinski definition) is 0. The van der Waals surface area contributed by atoms with Gasteiger partial charge in [0.05, 0.1) is 16.3 Å². The van der Waals surface area contributed by atoms with E-state index in [0.29, 0.717) is 0 Å². The summed E-state index contributed by atoms with van der Waals surface area (Å²) < 4.78 is 13.3. The summed E-state index contributed by atoms with van der Waals surface area (Å²) in [4.78, 5) is 0. The third kappa shape index (κ3) is 6.69. The molecule has 0 aliphatic heterocycles. The second-order valence-electron chi connectivity index (χ2n) is 10.9. The molecule has 0 aromatic heterocycles. The monoisotopic (exact) mass is 398 g/mol. The van der Waals surface area contributed by atoms with Crippen LogP contribution >= 0.6 is 16.3 Å². The highest BCUT2D eigenvalue weighted by Gasteiger charge is 2.40. The lowest BCUT2D eigenvalue weighted by atomic mass is 10.2. The molecule has 0 radical (unpaired) electrons. The van der Waals surface area contributed by atoms with Crippen molar-refractivity contribution in [2.24, 2.45) is 0 Å². The predicted octanol–water partition coefficient (Wildman–Crippen LogP) is 8.43. The van der Waals surface area contributed by atoms with Crippen molar-refractivity contribution < 1.29 is 9.05 Å². The molecule has 0 heterocycles. The second-order valence-corrected chi connectivity index (χ2v) is 17.8. The lowest BCUT2D eigenvalue weighted by Crippen LogP contribution is -2.28. The van der Waals surface area contributed by atoms with E-state index in [-0.39, 0.29) is 20.6 Å². The van der Waals surface area contributed by atoms with Gasteiger partial charge < -0.3 is 9.05 Å². The molecule has 0 atom stereocenters. The minimum atomic E-state index is -0.689. The fraction of sp³-hybridized carbons (Fsp3) is 0.727. The van der Waals surface area contributed by atoms with Crippen molar-refractivity contribution in [2.45, 2.75) is 104 Å². The zero-order valence-corrected chi connectivity index (χ0v) is 20.8. The van der Waals surface area contributed by atoms with Gasteiger partial charge in [-0.2, -0.15) is 0 Å². The molecule has 4 heteroatoms. The van der Waals surface area contributed by atoms with E-state index in [4.69, 9.17) is 9.05 Å². The number of para-hydroxylation sites is 2. The third-order valence-corrected chi connectivity index (χ3v) is 9.30. The molecule has 1 aromatic rings. The summed E-state index contributed by atoms with van der Waals surface area (Å²) in [5.74, 6) is 1.76. The van der Waals surface area contributed by atoms with Crippen molar-refractivity contribution in [3.63, 3.8) is 0 Å². The maximum atomic E-state index is 6.65. The predicted molar refractivity (Wildman–Crippen MR) is 121 cm³/mol. The van der Waals surface area contributed by atoms with Crippen LogP contribution in [0, 0.1) is 0 Å². The van der Waals surface area contributed by atoms with Crippen LogP contribution in [-0.2, 0) is 0 Å². The Morgan fingerprint density at radius 2 is 0.731 bits per heavy atom. The van der Waals surface area contributed by atoms with Crippen LogP contribution in [0.3, 0.4) is 0 Å². The summed E-state index contributed by atoms with van der Waals surface area (Å²) in [6.07, 6.45) is 0. The van der Waals surface area contributed by atoms with Crippen LogP contribution in [0.1, 0.15) is 83.1 Å². The molecule has 0 unspecified atom stereocenters. The molecule has 0 saturated carbocycles. The SMILES string of the molecule is CC(C)(C)P(Oc1ccccc1OP(C(C)(C)C)C(C)(C)C)C(C)(C)C. The number of hydrogen-bond acceptors (Lipinski definition) is 2. The van der Waals surface area contributed by atoms with Crippen molar-refractivity contribution in [1.29, 1.82) is 0 Å². The molecule has 0 bridgehead atoms. The fourth-order valence-corrected chi connectivity index (χ4v) is 9.17. The topological polar surface area (TPSA) is 18.5 Å². The fourth-order valence-electron chi connectivity index (χ4n) is 3.36. The van der Waals surface area contributed by atoms with Crippen LogP contribution < -0.4 is 9.05 Å². The Kier molecular flexibility index (Phi) is 7.27. The van der Waals surface area contributed by atoms with Gasteiger partial charge in [0.1, 0.15) is 0 Å². The molecule has 0 spiro atoms. The minimum Gasteiger partial charge on any atom is -0.469 e. The second kappa shape index (κ2) is 7.97. The van der Waals surface area contributed by atoms with E-state index in [1.807, 2.05) is 12.1 Å². The molecule has 26 heavy (non-hydrogen) atoms. The Morgan fingerprint density at radius 3 is 0.923 bits per heavy atom. The Bertz CT molecular complexity index is 503. The van der Waals surface area contributed by atoms with Gasteiger partial charge in [-0.3, -0.25) is 0 Å². The van der Waals surface area contributed by atoms with E-state index in [2.05, 4.69) is 95.2 Å². The van der Waals surface area contributed by atoms with Crippen molar-refractivity contribution >= 4 is 16.3 Å². The Hall–Kier alpha value is -0.320. The van der Waals surface area contributed by atoms with Gasteiger partial charge in [-0.25, -0.2) is 0 Å². The highest BCUT2D eigenvalue weighted by Crippen LogP contribution is 2.63. The molecule has 0 aliphatic rings. The van der Waals surface area contributed by atoms with E-state index >= 15 is 0 Å². The van der Waals surface area contributed by atoms with Gasteiger partial charge in [-0.05, 0) is 12.1 Å². The van der Waals surface area contributed by atoms with Crippen molar-refractivity contribution in [3.8, 4) is 11.5 Å². The Balaban J connectivity index is 3.26. The summed E-state index contributed by atoms with van der Waals surface area (Å²) in [5, 5.41) is 0.387. The molecule has 0 aliphatic carbocycles. The molecule has 1 rings (SSSR count). The van der Waals surface area contributed by atoms with Crippen molar-refractivity contribution in [2.75, 3.05) is 0 Å². The third-order valence-electron chi connectivity index (χ3n) is 3.67. The first-order chi connectivity index (χ1) is 11.4. The minimum absolute atomic E-state index is 0.0967. The van der Waals surface area contributed by atoms with Gasteiger partial charge in [-0.15, -0.1) is 0 Å². The van der Waals surface area contributed by atoms with Crippen molar-refractivity contribution in [1.82, 2.24) is 0 Å². The molecule has 0 N–H and O–H groups in total. The average Bonchev–Trinajstić information content (AvgIpc) is 2.38. The van der Waals surface area contributed by atoms with Crippen LogP contribution in [0.4, 0.5) is 0 Å². The summed E-state index contributed by atoms with van der Waals surface area (Å²) >= 11 is 0. The molecule has 0 amide bonds. The van der Waals surface area contributed by atoms with Crippen LogP contribution in [-0.4, -0.2) is 20.6 Å². The van der Waals surface area contributed by atoms with Crippen LogP contribution in [0.15, 0.2) is 24.3 Å². The molecule has 1 aromatic carbocycles. The van der Waals surface area contributed by atoms with E-state index in [1.54, 1.807) is 0 Å². The first-order valence-corrected chi connectivity index (χ1v) is 12.0. The first-order valence-electron chi connectivity index (χ1n) is 9.50. The number of rotatable bonds is 4. The normalized spacial score (nSPS) is 14.1. The zero-order valence-electron chi connectivity index (χ0n) is 19.0. The van der Waals surface area contributed by atoms with Gasteiger partial charge in [0.25, 0.3) is 0 Å². The summed E-state index contributed by atoms with van der Waals surface area (Å²) in [6.45, 7) is 27.2. The van der Waals surface area contributed by atoms with Crippen LogP contribution in [0.2, 0.25) is 0 Å². The van der Waals surface area contributed by atoms with E-state index in [9.17, 15) is 0 Å². The van der Waals surface area contributed by atoms with Crippen molar-refractivity contribution in [3.05, 3.63) is 24.3 Å². The lowest BCUT2D eigenvalue weighted by molar-refractivity contribution is 0.484. The van der Waals surface area contributed by atoms with Crippen LogP contribution in [0.5, 0.6) is 11.5 Å². The maximum Gasteiger partial charge on any atom is 0.165 e. The Labute approximate surface area is 165 Å². The standard InChI is InChI=1S/C22H40O2P2/c1-19(2,3)25(20(4,5)6)23-17-15-13-14-16-18(17)24-26(21(7,8)9)22(10,11)12/h13-16H,1-12H3. The molecular formula is C22H40O2P2. The van der Waals surface area contributed by atoms with E-state index in [0.717, 1.165) is 11.5 Å². The van der Waals surface area contributed by atoms with Gasteiger partial charge in [0.2, 0.25) is 0 Å². The largest absolute Gasteiger partial charge is 0.469 e. The average molecular weight is 399 g/mol. The van der Waals surface area contributed by atoms with Gasteiger partial charge in [-0.1, -0.05) is 95.2 Å². The van der Waals surface area contributed by atoms with Gasteiger partial charge in [0, 0.05) is 20.6 Å². The molecule has 150 valence electrons. The summed E-state index contributed by atoms with van der Waals surface area (Å²) in [7, 11) is -1.38.